The number of hydrogen-bond acceptors (Lipinski definition) is 3. The lowest BCUT2D eigenvalue weighted by molar-refractivity contribution is 0.306. The lowest BCUT2D eigenvalue weighted by Crippen LogP contribution is -2.11. The predicted octanol–water partition coefficient (Wildman–Crippen LogP) is 3.42. The molecular weight excluding hydrogens is 248 g/mol. The molecule has 0 aliphatic heterocycles. The van der Waals surface area contributed by atoms with Gasteiger partial charge in [0.05, 0.1) is 11.6 Å². The van der Waals surface area contributed by atoms with Gasteiger partial charge in [0.1, 0.15) is 12.4 Å². The number of benzene rings is 2. The zero-order valence-electron chi connectivity index (χ0n) is 11.8. The topological polar surface area (TPSA) is 45.0 Å². The molecular formula is C17H18N2O. The fourth-order valence-corrected chi connectivity index (χ4v) is 1.92. The van der Waals surface area contributed by atoms with Crippen LogP contribution in [0.3, 0.4) is 0 Å². The summed E-state index contributed by atoms with van der Waals surface area (Å²) < 4.78 is 5.73. The number of hydrogen-bond donors (Lipinski definition) is 1. The fraction of sp³-hybridized carbons (Fsp3) is 0.235. The van der Waals surface area contributed by atoms with E-state index in [0.717, 1.165) is 11.3 Å². The minimum atomic E-state index is 0.330. The molecule has 2 aromatic rings. The van der Waals surface area contributed by atoms with Gasteiger partial charge in [-0.2, -0.15) is 5.26 Å². The predicted molar refractivity (Wildman–Crippen MR) is 79.4 cm³/mol. The number of nitrogens with one attached hydrogen (secondary N) is 1. The second-order valence-corrected chi connectivity index (χ2v) is 4.68. The van der Waals surface area contributed by atoms with Crippen molar-refractivity contribution in [1.29, 1.82) is 5.26 Å². The smallest absolute Gasteiger partial charge is 0.119 e. The molecule has 0 saturated heterocycles. The maximum Gasteiger partial charge on any atom is 0.119 e. The minimum Gasteiger partial charge on any atom is -0.489 e. The van der Waals surface area contributed by atoms with E-state index >= 15 is 0 Å². The molecule has 0 bridgehead atoms. The van der Waals surface area contributed by atoms with Gasteiger partial charge in [-0.1, -0.05) is 24.3 Å². The van der Waals surface area contributed by atoms with Crippen molar-refractivity contribution in [3.05, 3.63) is 65.2 Å². The van der Waals surface area contributed by atoms with Crippen LogP contribution in [0.15, 0.2) is 48.5 Å². The Morgan fingerprint density at radius 3 is 2.60 bits per heavy atom. The van der Waals surface area contributed by atoms with Crippen LogP contribution in [0.1, 0.15) is 29.7 Å². The first-order valence-corrected chi connectivity index (χ1v) is 6.62. The van der Waals surface area contributed by atoms with Crippen molar-refractivity contribution in [3.63, 3.8) is 0 Å². The second kappa shape index (κ2) is 6.74. The molecule has 1 N–H and O–H groups in total. The summed E-state index contributed by atoms with van der Waals surface area (Å²) in [6.07, 6.45) is 0. The first-order valence-electron chi connectivity index (χ1n) is 6.62. The Morgan fingerprint density at radius 2 is 1.95 bits per heavy atom. The molecule has 1 unspecified atom stereocenters. The minimum absolute atomic E-state index is 0.330. The third-order valence-electron chi connectivity index (χ3n) is 3.27. The average Bonchev–Trinajstić information content (AvgIpc) is 2.53. The molecule has 2 rings (SSSR count). The third kappa shape index (κ3) is 3.59. The van der Waals surface area contributed by atoms with Crippen molar-refractivity contribution in [3.8, 4) is 11.8 Å². The van der Waals surface area contributed by atoms with Crippen molar-refractivity contribution in [2.45, 2.75) is 19.6 Å². The van der Waals surface area contributed by atoms with E-state index in [0.29, 0.717) is 18.2 Å². The average molecular weight is 266 g/mol. The highest BCUT2D eigenvalue weighted by molar-refractivity contribution is 5.33. The molecule has 20 heavy (non-hydrogen) atoms. The molecule has 3 heteroatoms. The molecule has 102 valence electrons. The Hall–Kier alpha value is -2.31. The summed E-state index contributed by atoms with van der Waals surface area (Å²) in [5.74, 6) is 0.833. The zero-order chi connectivity index (χ0) is 14.4. The first kappa shape index (κ1) is 14.1. The SMILES string of the molecule is CNC(C)c1ccc(OCc2cccc(C#N)c2)cc1. The number of rotatable bonds is 5. The van der Waals surface area contributed by atoms with Gasteiger partial charge in [0, 0.05) is 6.04 Å². The number of ether oxygens (including phenoxy) is 1. The Kier molecular flexibility index (Phi) is 4.75. The molecule has 0 fully saturated rings. The maximum absolute atomic E-state index is 8.86. The van der Waals surface area contributed by atoms with Gasteiger partial charge in [-0.25, -0.2) is 0 Å². The molecule has 0 amide bonds. The van der Waals surface area contributed by atoms with E-state index in [1.165, 1.54) is 5.56 Å². The molecule has 3 nitrogen and oxygen atoms in total. The van der Waals surface area contributed by atoms with Crippen LogP contribution in [-0.2, 0) is 6.61 Å². The van der Waals surface area contributed by atoms with Gasteiger partial charge >= 0.3 is 0 Å². The van der Waals surface area contributed by atoms with E-state index in [4.69, 9.17) is 10.00 Å². The van der Waals surface area contributed by atoms with Crippen LogP contribution >= 0.6 is 0 Å². The molecule has 0 saturated carbocycles. The quantitative estimate of drug-likeness (QED) is 0.902. The van der Waals surface area contributed by atoms with E-state index in [2.05, 4.69) is 30.4 Å². The summed E-state index contributed by atoms with van der Waals surface area (Å²) in [7, 11) is 1.94. The summed E-state index contributed by atoms with van der Waals surface area (Å²) in [6.45, 7) is 2.58. The molecule has 0 aliphatic carbocycles. The van der Waals surface area contributed by atoms with E-state index < -0.39 is 0 Å². The highest BCUT2D eigenvalue weighted by Crippen LogP contribution is 2.18. The van der Waals surface area contributed by atoms with Gasteiger partial charge in [-0.05, 0) is 49.4 Å². The summed E-state index contributed by atoms with van der Waals surface area (Å²) in [5.41, 5.74) is 2.88. The van der Waals surface area contributed by atoms with Crippen LogP contribution < -0.4 is 10.1 Å². The Morgan fingerprint density at radius 1 is 1.20 bits per heavy atom. The molecule has 0 aliphatic rings. The Balaban J connectivity index is 1.98. The lowest BCUT2D eigenvalue weighted by atomic mass is 10.1. The molecule has 0 heterocycles. The van der Waals surface area contributed by atoms with Gasteiger partial charge in [-0.3, -0.25) is 0 Å². The summed E-state index contributed by atoms with van der Waals surface area (Å²) in [5, 5.41) is 12.1. The second-order valence-electron chi connectivity index (χ2n) is 4.68. The summed E-state index contributed by atoms with van der Waals surface area (Å²) in [4.78, 5) is 0. The maximum atomic E-state index is 8.86. The largest absolute Gasteiger partial charge is 0.489 e. The number of nitrogens with zero attached hydrogens (tertiary/aromatic N) is 1. The van der Waals surface area contributed by atoms with E-state index in [9.17, 15) is 0 Å². The molecule has 0 radical (unpaired) electrons. The Labute approximate surface area is 119 Å². The monoisotopic (exact) mass is 266 g/mol. The van der Waals surface area contributed by atoms with Gasteiger partial charge < -0.3 is 10.1 Å². The molecule has 0 aromatic heterocycles. The van der Waals surface area contributed by atoms with Crippen LogP contribution in [0.4, 0.5) is 0 Å². The fourth-order valence-electron chi connectivity index (χ4n) is 1.92. The van der Waals surface area contributed by atoms with E-state index in [1.807, 2.05) is 37.4 Å². The van der Waals surface area contributed by atoms with Crippen LogP contribution in [0.25, 0.3) is 0 Å². The highest BCUT2D eigenvalue weighted by Gasteiger charge is 2.02. The number of nitriles is 1. The van der Waals surface area contributed by atoms with Gasteiger partial charge in [0.2, 0.25) is 0 Å². The van der Waals surface area contributed by atoms with Crippen molar-refractivity contribution < 1.29 is 4.74 Å². The van der Waals surface area contributed by atoms with Crippen molar-refractivity contribution in [2.75, 3.05) is 7.05 Å². The van der Waals surface area contributed by atoms with Crippen molar-refractivity contribution in [1.82, 2.24) is 5.32 Å². The van der Waals surface area contributed by atoms with E-state index in [-0.39, 0.29) is 0 Å². The zero-order valence-corrected chi connectivity index (χ0v) is 11.8. The standard InChI is InChI=1S/C17H18N2O/c1-13(19-2)16-6-8-17(9-7-16)20-12-15-5-3-4-14(10-15)11-18/h3-10,13,19H,12H2,1-2H3. The normalized spacial score (nSPS) is 11.7. The summed E-state index contributed by atoms with van der Waals surface area (Å²) in [6, 6.07) is 18.0. The van der Waals surface area contributed by atoms with Crippen LogP contribution in [0.2, 0.25) is 0 Å². The van der Waals surface area contributed by atoms with Gasteiger partial charge in [-0.15, -0.1) is 0 Å². The Bertz CT molecular complexity index is 599. The van der Waals surface area contributed by atoms with E-state index in [1.54, 1.807) is 6.07 Å². The molecule has 1 atom stereocenters. The van der Waals surface area contributed by atoms with Crippen molar-refractivity contribution in [2.24, 2.45) is 0 Å². The van der Waals surface area contributed by atoms with Gasteiger partial charge in [0.15, 0.2) is 0 Å². The molecule has 2 aromatic carbocycles. The lowest BCUT2D eigenvalue weighted by Gasteiger charge is -2.12. The highest BCUT2D eigenvalue weighted by atomic mass is 16.5. The third-order valence-corrected chi connectivity index (χ3v) is 3.27. The first-order chi connectivity index (χ1) is 9.72. The summed E-state index contributed by atoms with van der Waals surface area (Å²) >= 11 is 0. The van der Waals surface area contributed by atoms with Crippen molar-refractivity contribution >= 4 is 0 Å². The van der Waals surface area contributed by atoms with Crippen LogP contribution in [-0.4, -0.2) is 7.05 Å². The van der Waals surface area contributed by atoms with Crippen LogP contribution in [0, 0.1) is 11.3 Å². The van der Waals surface area contributed by atoms with Crippen LogP contribution in [0.5, 0.6) is 5.75 Å². The van der Waals surface area contributed by atoms with Gasteiger partial charge in [0.25, 0.3) is 0 Å². The molecule has 0 spiro atoms.